The predicted octanol–water partition coefficient (Wildman–Crippen LogP) is 1.26. The Labute approximate surface area is 93.5 Å². The first-order valence-electron chi connectivity index (χ1n) is 5.74. The van der Waals surface area contributed by atoms with Gasteiger partial charge in [-0.3, -0.25) is 4.90 Å². The van der Waals surface area contributed by atoms with Gasteiger partial charge < -0.3 is 10.1 Å². The van der Waals surface area contributed by atoms with Gasteiger partial charge >= 0.3 is 0 Å². The molecule has 0 aromatic rings. The Balaban J connectivity index is 2.58. The number of hydrogen-bond donors (Lipinski definition) is 1. The SMILES string of the molecule is C=C(C)C(NC)C1CN(C(C)C)CCO1. The minimum Gasteiger partial charge on any atom is -0.374 e. The van der Waals surface area contributed by atoms with Crippen molar-refractivity contribution in [3.8, 4) is 0 Å². The van der Waals surface area contributed by atoms with Crippen LogP contribution in [0.3, 0.4) is 0 Å². The molecule has 0 spiro atoms. The van der Waals surface area contributed by atoms with Crippen LogP contribution in [-0.4, -0.2) is 49.8 Å². The lowest BCUT2D eigenvalue weighted by Crippen LogP contribution is -2.53. The van der Waals surface area contributed by atoms with Crippen LogP contribution < -0.4 is 5.32 Å². The number of morpholine rings is 1. The molecule has 15 heavy (non-hydrogen) atoms. The van der Waals surface area contributed by atoms with Crippen LogP contribution in [0.2, 0.25) is 0 Å². The van der Waals surface area contributed by atoms with E-state index in [4.69, 9.17) is 4.74 Å². The summed E-state index contributed by atoms with van der Waals surface area (Å²) in [5.74, 6) is 0. The molecule has 88 valence electrons. The van der Waals surface area contributed by atoms with Gasteiger partial charge in [-0.1, -0.05) is 12.2 Å². The zero-order valence-electron chi connectivity index (χ0n) is 10.4. The highest BCUT2D eigenvalue weighted by atomic mass is 16.5. The lowest BCUT2D eigenvalue weighted by molar-refractivity contribution is -0.0487. The van der Waals surface area contributed by atoms with Crippen LogP contribution >= 0.6 is 0 Å². The number of ether oxygens (including phenoxy) is 1. The van der Waals surface area contributed by atoms with E-state index >= 15 is 0 Å². The van der Waals surface area contributed by atoms with Gasteiger partial charge in [-0.25, -0.2) is 0 Å². The molecule has 0 amide bonds. The van der Waals surface area contributed by atoms with Crippen molar-refractivity contribution in [3.63, 3.8) is 0 Å². The number of nitrogens with zero attached hydrogens (tertiary/aromatic N) is 1. The Bertz CT molecular complexity index is 216. The van der Waals surface area contributed by atoms with E-state index in [1.54, 1.807) is 0 Å². The third kappa shape index (κ3) is 3.30. The van der Waals surface area contributed by atoms with E-state index in [-0.39, 0.29) is 12.1 Å². The van der Waals surface area contributed by atoms with Gasteiger partial charge in [0.15, 0.2) is 0 Å². The summed E-state index contributed by atoms with van der Waals surface area (Å²) in [7, 11) is 1.97. The maximum absolute atomic E-state index is 5.81. The summed E-state index contributed by atoms with van der Waals surface area (Å²) >= 11 is 0. The molecule has 0 saturated carbocycles. The van der Waals surface area contributed by atoms with E-state index in [1.807, 2.05) is 7.05 Å². The van der Waals surface area contributed by atoms with Crippen LogP contribution in [0.4, 0.5) is 0 Å². The fourth-order valence-corrected chi connectivity index (χ4v) is 2.12. The molecule has 1 aliphatic rings. The van der Waals surface area contributed by atoms with Crippen LogP contribution in [0.1, 0.15) is 20.8 Å². The zero-order valence-corrected chi connectivity index (χ0v) is 10.4. The molecule has 0 radical (unpaired) electrons. The Morgan fingerprint density at radius 1 is 1.53 bits per heavy atom. The van der Waals surface area contributed by atoms with Crippen LogP contribution in [0.15, 0.2) is 12.2 Å². The predicted molar refractivity (Wildman–Crippen MR) is 64.1 cm³/mol. The maximum Gasteiger partial charge on any atom is 0.0893 e. The Morgan fingerprint density at radius 2 is 2.20 bits per heavy atom. The second kappa shape index (κ2) is 5.64. The summed E-state index contributed by atoms with van der Waals surface area (Å²) in [6, 6.07) is 0.866. The molecule has 1 aliphatic heterocycles. The molecule has 0 bridgehead atoms. The van der Waals surface area contributed by atoms with Gasteiger partial charge in [0.2, 0.25) is 0 Å². The highest BCUT2D eigenvalue weighted by molar-refractivity contribution is 5.06. The van der Waals surface area contributed by atoms with Gasteiger partial charge in [0.05, 0.1) is 18.8 Å². The third-order valence-electron chi connectivity index (χ3n) is 3.07. The van der Waals surface area contributed by atoms with Crippen LogP contribution in [-0.2, 0) is 4.74 Å². The van der Waals surface area contributed by atoms with E-state index in [9.17, 15) is 0 Å². The quantitative estimate of drug-likeness (QED) is 0.710. The lowest BCUT2D eigenvalue weighted by Gasteiger charge is -2.39. The summed E-state index contributed by atoms with van der Waals surface area (Å²) < 4.78 is 5.81. The maximum atomic E-state index is 5.81. The van der Waals surface area contributed by atoms with Gasteiger partial charge in [-0.2, -0.15) is 0 Å². The number of hydrogen-bond acceptors (Lipinski definition) is 3. The first kappa shape index (κ1) is 12.7. The smallest absolute Gasteiger partial charge is 0.0893 e. The first-order chi connectivity index (χ1) is 7.06. The second-order valence-electron chi connectivity index (χ2n) is 4.61. The molecule has 1 heterocycles. The number of likely N-dealkylation sites (N-methyl/N-ethyl adjacent to an activating group) is 1. The van der Waals surface area contributed by atoms with Crippen molar-refractivity contribution in [2.24, 2.45) is 0 Å². The fourth-order valence-electron chi connectivity index (χ4n) is 2.12. The van der Waals surface area contributed by atoms with Crippen molar-refractivity contribution in [2.45, 2.75) is 39.0 Å². The first-order valence-corrected chi connectivity index (χ1v) is 5.74. The molecular formula is C12H24N2O. The van der Waals surface area contributed by atoms with Gasteiger partial charge in [0.25, 0.3) is 0 Å². The largest absolute Gasteiger partial charge is 0.374 e. The normalized spacial score (nSPS) is 25.5. The minimum absolute atomic E-state index is 0.239. The average molecular weight is 212 g/mol. The van der Waals surface area contributed by atoms with Gasteiger partial charge in [-0.05, 0) is 27.8 Å². The zero-order chi connectivity index (χ0) is 11.4. The fraction of sp³-hybridized carbons (Fsp3) is 0.833. The molecule has 1 saturated heterocycles. The van der Waals surface area contributed by atoms with Crippen LogP contribution in [0.25, 0.3) is 0 Å². The van der Waals surface area contributed by atoms with E-state index in [0.29, 0.717) is 6.04 Å². The average Bonchev–Trinajstić information content (AvgIpc) is 2.18. The van der Waals surface area contributed by atoms with Crippen molar-refractivity contribution in [2.75, 3.05) is 26.7 Å². The lowest BCUT2D eigenvalue weighted by atomic mass is 10.0. The Hall–Kier alpha value is -0.380. The molecule has 1 fully saturated rings. The summed E-state index contributed by atoms with van der Waals surface area (Å²) in [5.41, 5.74) is 1.15. The van der Waals surface area contributed by atoms with Crippen LogP contribution in [0, 0.1) is 0 Å². The van der Waals surface area contributed by atoms with Crippen molar-refractivity contribution in [1.82, 2.24) is 10.2 Å². The molecule has 1 rings (SSSR count). The molecule has 3 heteroatoms. The second-order valence-corrected chi connectivity index (χ2v) is 4.61. The van der Waals surface area contributed by atoms with Crippen molar-refractivity contribution in [1.29, 1.82) is 0 Å². The summed E-state index contributed by atoms with van der Waals surface area (Å²) in [6.45, 7) is 13.4. The molecule has 0 aromatic heterocycles. The molecule has 3 nitrogen and oxygen atoms in total. The summed E-state index contributed by atoms with van der Waals surface area (Å²) in [6.07, 6.45) is 0.239. The minimum atomic E-state index is 0.239. The van der Waals surface area contributed by atoms with Gasteiger partial charge in [-0.15, -0.1) is 0 Å². The summed E-state index contributed by atoms with van der Waals surface area (Å²) in [4.78, 5) is 2.46. The van der Waals surface area contributed by atoms with E-state index in [1.165, 1.54) is 0 Å². The monoisotopic (exact) mass is 212 g/mol. The molecule has 0 aromatic carbocycles. The van der Waals surface area contributed by atoms with Crippen molar-refractivity contribution < 1.29 is 4.74 Å². The van der Waals surface area contributed by atoms with Gasteiger partial charge in [0.1, 0.15) is 0 Å². The summed E-state index contributed by atoms with van der Waals surface area (Å²) in [5, 5.41) is 3.28. The highest BCUT2D eigenvalue weighted by Gasteiger charge is 2.28. The van der Waals surface area contributed by atoms with Crippen molar-refractivity contribution >= 4 is 0 Å². The third-order valence-corrected chi connectivity index (χ3v) is 3.07. The van der Waals surface area contributed by atoms with E-state index in [0.717, 1.165) is 25.3 Å². The molecule has 2 unspecified atom stereocenters. The molecule has 2 atom stereocenters. The van der Waals surface area contributed by atoms with E-state index in [2.05, 4.69) is 37.6 Å². The molecular weight excluding hydrogens is 188 g/mol. The number of rotatable bonds is 4. The van der Waals surface area contributed by atoms with Crippen LogP contribution in [0.5, 0.6) is 0 Å². The number of nitrogens with one attached hydrogen (secondary N) is 1. The standard InChI is InChI=1S/C12H24N2O/c1-9(2)12(13-5)11-8-14(10(3)4)6-7-15-11/h10-13H,1,6-8H2,2-5H3. The van der Waals surface area contributed by atoms with Crippen molar-refractivity contribution in [3.05, 3.63) is 12.2 Å². The topological polar surface area (TPSA) is 24.5 Å². The van der Waals surface area contributed by atoms with Gasteiger partial charge in [0, 0.05) is 19.1 Å². The Kier molecular flexibility index (Phi) is 4.77. The Morgan fingerprint density at radius 3 is 2.67 bits per heavy atom. The molecule has 0 aliphatic carbocycles. The highest BCUT2D eigenvalue weighted by Crippen LogP contribution is 2.15. The molecule has 1 N–H and O–H groups in total. The van der Waals surface area contributed by atoms with E-state index < -0.39 is 0 Å².